The minimum Gasteiger partial charge on any atom is -0.474 e. The fourth-order valence-corrected chi connectivity index (χ4v) is 3.53. The molecule has 1 aromatic carbocycles. The van der Waals surface area contributed by atoms with Crippen molar-refractivity contribution in [1.29, 1.82) is 0 Å². The Balaban J connectivity index is 1.49. The summed E-state index contributed by atoms with van der Waals surface area (Å²) in [5.41, 5.74) is 3.43. The van der Waals surface area contributed by atoms with E-state index in [1.807, 2.05) is 44.9 Å². The second-order valence-corrected chi connectivity index (χ2v) is 7.62. The average Bonchev–Trinajstić information content (AvgIpc) is 3.05. The predicted molar refractivity (Wildman–Crippen MR) is 111 cm³/mol. The van der Waals surface area contributed by atoms with Gasteiger partial charge in [0.25, 0.3) is 5.91 Å². The Kier molecular flexibility index (Phi) is 5.08. The number of fused-ring (bicyclic) bond motifs is 1. The summed E-state index contributed by atoms with van der Waals surface area (Å²) >= 11 is 0. The van der Waals surface area contributed by atoms with Crippen LogP contribution in [0.4, 0.5) is 5.69 Å². The van der Waals surface area contributed by atoms with E-state index < -0.39 is 0 Å². The molecule has 0 unspecified atom stereocenters. The molecule has 1 aliphatic rings. The smallest absolute Gasteiger partial charge is 0.274 e. The highest BCUT2D eigenvalue weighted by molar-refractivity contribution is 5.92. The topological polar surface area (TPSA) is 76.4 Å². The van der Waals surface area contributed by atoms with Crippen LogP contribution < -0.4 is 9.64 Å². The Morgan fingerprint density at radius 3 is 2.52 bits per heavy atom. The van der Waals surface area contributed by atoms with Crippen LogP contribution in [0.25, 0.3) is 10.9 Å². The molecule has 0 N–H and O–H groups in total. The highest BCUT2D eigenvalue weighted by Gasteiger charge is 2.24. The molecule has 3 aromatic rings. The quantitative estimate of drug-likeness (QED) is 0.676. The van der Waals surface area contributed by atoms with Crippen molar-refractivity contribution in [3.05, 3.63) is 42.0 Å². The van der Waals surface area contributed by atoms with Gasteiger partial charge in [-0.1, -0.05) is 0 Å². The molecule has 0 spiro atoms. The van der Waals surface area contributed by atoms with Crippen molar-refractivity contribution in [1.82, 2.24) is 24.6 Å². The van der Waals surface area contributed by atoms with Crippen LogP contribution in [0.3, 0.4) is 0 Å². The molecular weight excluding hydrogens is 368 g/mol. The maximum atomic E-state index is 12.7. The number of hydrogen-bond acceptors (Lipinski definition) is 6. The molecule has 0 atom stereocenters. The standard InChI is InChI=1S/C21H26N6O2/c1-14(2)29-20-17-12-16(5-6-18(17)22-13-23-20)26-7-9-27(10-8-26)21(28)19-11-15(3)25(4)24-19/h5-6,11-14H,7-10H2,1-4H3. The van der Waals surface area contributed by atoms with Gasteiger partial charge in [0.15, 0.2) is 5.69 Å². The summed E-state index contributed by atoms with van der Waals surface area (Å²) in [6.45, 7) is 8.76. The van der Waals surface area contributed by atoms with E-state index in [0.29, 0.717) is 24.7 Å². The first-order valence-electron chi connectivity index (χ1n) is 9.88. The number of aromatic nitrogens is 4. The van der Waals surface area contributed by atoms with Crippen LogP contribution in [0.1, 0.15) is 30.0 Å². The molecule has 0 saturated carbocycles. The third kappa shape index (κ3) is 3.87. The molecule has 1 fully saturated rings. The van der Waals surface area contributed by atoms with Crippen LogP contribution in [-0.2, 0) is 7.05 Å². The number of benzene rings is 1. The lowest BCUT2D eigenvalue weighted by Crippen LogP contribution is -2.48. The van der Waals surface area contributed by atoms with Gasteiger partial charge in [-0.3, -0.25) is 9.48 Å². The maximum absolute atomic E-state index is 12.7. The first kappa shape index (κ1) is 19.2. The minimum absolute atomic E-state index is 0.00659. The third-order valence-electron chi connectivity index (χ3n) is 5.19. The molecule has 3 heterocycles. The Morgan fingerprint density at radius 1 is 1.10 bits per heavy atom. The lowest BCUT2D eigenvalue weighted by molar-refractivity contribution is 0.0740. The number of anilines is 1. The summed E-state index contributed by atoms with van der Waals surface area (Å²) in [6.07, 6.45) is 1.57. The molecule has 2 aromatic heterocycles. The third-order valence-corrected chi connectivity index (χ3v) is 5.19. The first-order chi connectivity index (χ1) is 13.9. The molecule has 0 radical (unpaired) electrons. The molecule has 29 heavy (non-hydrogen) atoms. The zero-order valence-corrected chi connectivity index (χ0v) is 17.3. The molecule has 1 amide bonds. The van der Waals surface area contributed by atoms with Crippen molar-refractivity contribution in [2.75, 3.05) is 31.1 Å². The molecule has 8 nitrogen and oxygen atoms in total. The number of ether oxygens (including phenoxy) is 1. The second kappa shape index (κ2) is 7.69. The van der Waals surface area contributed by atoms with Crippen LogP contribution in [0.2, 0.25) is 0 Å². The van der Waals surface area contributed by atoms with E-state index in [9.17, 15) is 4.79 Å². The van der Waals surface area contributed by atoms with Gasteiger partial charge in [-0.25, -0.2) is 9.97 Å². The van der Waals surface area contributed by atoms with Crippen molar-refractivity contribution in [2.45, 2.75) is 26.9 Å². The van der Waals surface area contributed by atoms with Gasteiger partial charge in [0.2, 0.25) is 5.88 Å². The van der Waals surface area contributed by atoms with Gasteiger partial charge in [-0.2, -0.15) is 5.10 Å². The fourth-order valence-electron chi connectivity index (χ4n) is 3.53. The van der Waals surface area contributed by atoms with E-state index in [4.69, 9.17) is 4.74 Å². The SMILES string of the molecule is Cc1cc(C(=O)N2CCN(c3ccc4ncnc(OC(C)C)c4c3)CC2)nn1C. The zero-order chi connectivity index (χ0) is 20.5. The van der Waals surface area contributed by atoms with Crippen LogP contribution >= 0.6 is 0 Å². The molecule has 1 saturated heterocycles. The molecule has 152 valence electrons. The Hall–Kier alpha value is -3.16. The monoisotopic (exact) mass is 394 g/mol. The summed E-state index contributed by atoms with van der Waals surface area (Å²) in [7, 11) is 1.85. The number of aryl methyl sites for hydroxylation is 2. The van der Waals surface area contributed by atoms with Crippen molar-refractivity contribution < 1.29 is 9.53 Å². The van der Waals surface area contributed by atoms with Gasteiger partial charge in [-0.05, 0) is 45.0 Å². The molecular formula is C21H26N6O2. The molecule has 4 rings (SSSR count). The van der Waals surface area contributed by atoms with Crippen molar-refractivity contribution in [2.24, 2.45) is 7.05 Å². The van der Waals surface area contributed by atoms with E-state index in [1.54, 1.807) is 4.68 Å². The number of amides is 1. The van der Waals surface area contributed by atoms with E-state index in [1.165, 1.54) is 6.33 Å². The summed E-state index contributed by atoms with van der Waals surface area (Å²) in [5, 5.41) is 5.22. The zero-order valence-electron chi connectivity index (χ0n) is 17.3. The van der Waals surface area contributed by atoms with Gasteiger partial charge in [0, 0.05) is 44.6 Å². The molecule has 8 heteroatoms. The van der Waals surface area contributed by atoms with Crippen molar-refractivity contribution in [3.8, 4) is 5.88 Å². The number of carbonyl (C=O) groups is 1. The molecule has 0 bridgehead atoms. The number of carbonyl (C=O) groups excluding carboxylic acids is 1. The largest absolute Gasteiger partial charge is 0.474 e. The number of nitrogens with zero attached hydrogens (tertiary/aromatic N) is 6. The van der Waals surface area contributed by atoms with Crippen LogP contribution in [-0.4, -0.2) is 62.8 Å². The van der Waals surface area contributed by atoms with E-state index in [2.05, 4.69) is 32.1 Å². The predicted octanol–water partition coefficient (Wildman–Crippen LogP) is 2.42. The van der Waals surface area contributed by atoms with Gasteiger partial charge >= 0.3 is 0 Å². The lowest BCUT2D eigenvalue weighted by atomic mass is 10.1. The highest BCUT2D eigenvalue weighted by Crippen LogP contribution is 2.28. The van der Waals surface area contributed by atoms with Gasteiger partial charge in [0.05, 0.1) is 17.0 Å². The van der Waals surface area contributed by atoms with Gasteiger partial charge < -0.3 is 14.5 Å². The summed E-state index contributed by atoms with van der Waals surface area (Å²) in [4.78, 5) is 25.5. The van der Waals surface area contributed by atoms with Crippen LogP contribution in [0.5, 0.6) is 5.88 Å². The highest BCUT2D eigenvalue weighted by atomic mass is 16.5. The summed E-state index contributed by atoms with van der Waals surface area (Å²) in [5.74, 6) is 0.596. The number of hydrogen-bond donors (Lipinski definition) is 0. The maximum Gasteiger partial charge on any atom is 0.274 e. The van der Waals surface area contributed by atoms with E-state index >= 15 is 0 Å². The van der Waals surface area contributed by atoms with Gasteiger partial charge in [0.1, 0.15) is 6.33 Å². The lowest BCUT2D eigenvalue weighted by Gasteiger charge is -2.36. The Labute approximate surface area is 170 Å². The van der Waals surface area contributed by atoms with Crippen LogP contribution in [0.15, 0.2) is 30.6 Å². The fraction of sp³-hybridized carbons (Fsp3) is 0.429. The Bertz CT molecular complexity index is 1020. The average molecular weight is 394 g/mol. The Morgan fingerprint density at radius 2 is 1.86 bits per heavy atom. The normalized spacial score (nSPS) is 14.7. The summed E-state index contributed by atoms with van der Waals surface area (Å²) in [6, 6.07) is 7.97. The van der Waals surface area contributed by atoms with Crippen molar-refractivity contribution >= 4 is 22.5 Å². The van der Waals surface area contributed by atoms with E-state index in [0.717, 1.165) is 35.4 Å². The number of piperazine rings is 1. The summed E-state index contributed by atoms with van der Waals surface area (Å²) < 4.78 is 7.58. The molecule has 1 aliphatic heterocycles. The van der Waals surface area contributed by atoms with E-state index in [-0.39, 0.29) is 12.0 Å². The second-order valence-electron chi connectivity index (χ2n) is 7.62. The van der Waals surface area contributed by atoms with Gasteiger partial charge in [-0.15, -0.1) is 0 Å². The van der Waals surface area contributed by atoms with Crippen LogP contribution in [0, 0.1) is 6.92 Å². The van der Waals surface area contributed by atoms with Crippen molar-refractivity contribution in [3.63, 3.8) is 0 Å². The number of rotatable bonds is 4. The minimum atomic E-state index is -0.00659. The molecule has 0 aliphatic carbocycles. The first-order valence-corrected chi connectivity index (χ1v) is 9.88.